The summed E-state index contributed by atoms with van der Waals surface area (Å²) in [4.78, 5) is 26.8. The monoisotopic (exact) mass is 306 g/mol. The van der Waals surface area contributed by atoms with E-state index in [2.05, 4.69) is 15.0 Å². The molecular weight excluding hydrogens is 287 g/mol. The van der Waals surface area contributed by atoms with Gasteiger partial charge in [0.2, 0.25) is 0 Å². The van der Waals surface area contributed by atoms with Crippen molar-refractivity contribution in [3.63, 3.8) is 0 Å². The summed E-state index contributed by atoms with van der Waals surface area (Å²) in [5, 5.41) is 3.50. The van der Waals surface area contributed by atoms with E-state index in [-0.39, 0.29) is 24.1 Å². The number of aromatic nitrogens is 1. The molecule has 1 aromatic heterocycles. The molecule has 2 aromatic rings. The number of carbonyl (C=O) groups is 2. The Morgan fingerprint density at radius 2 is 2.14 bits per heavy atom. The van der Waals surface area contributed by atoms with Crippen molar-refractivity contribution in [3.8, 4) is 0 Å². The molecule has 0 saturated carbocycles. The molecule has 0 aliphatic carbocycles. The van der Waals surface area contributed by atoms with Gasteiger partial charge in [-0.2, -0.15) is 0 Å². The fraction of sp³-hybridized carbons (Fsp3) is 0.375. The lowest BCUT2D eigenvalue weighted by atomic mass is 9.94. The van der Waals surface area contributed by atoms with E-state index >= 15 is 0 Å². The summed E-state index contributed by atoms with van der Waals surface area (Å²) in [5.74, 6) is -1.07. The van der Waals surface area contributed by atoms with E-state index in [1.54, 1.807) is 13.0 Å². The zero-order chi connectivity index (χ0) is 16.3. The molecule has 0 radical (unpaired) electrons. The zero-order valence-electron chi connectivity index (χ0n) is 12.8. The number of carbonyl (C=O) groups excluding carboxylic acids is 2. The van der Waals surface area contributed by atoms with Crippen molar-refractivity contribution >= 4 is 22.8 Å². The van der Waals surface area contributed by atoms with Crippen LogP contribution in [-0.2, 0) is 9.53 Å². The van der Waals surface area contributed by atoms with Crippen molar-refractivity contribution in [3.05, 3.63) is 35.8 Å². The van der Waals surface area contributed by atoms with Gasteiger partial charge >= 0.3 is 5.97 Å². The first-order valence-corrected chi connectivity index (χ1v) is 7.04. The molecule has 2 rings (SSSR count). The van der Waals surface area contributed by atoms with E-state index in [0.717, 1.165) is 0 Å². The first-order chi connectivity index (χ1) is 10.4. The summed E-state index contributed by atoms with van der Waals surface area (Å²) in [7, 11) is 1.31. The van der Waals surface area contributed by atoms with Crippen LogP contribution in [0.3, 0.4) is 0 Å². The highest BCUT2D eigenvalue weighted by molar-refractivity contribution is 6.07. The smallest absolute Gasteiger partial charge is 0.307 e. The van der Waals surface area contributed by atoms with Crippen LogP contribution in [0.15, 0.2) is 24.4 Å². The lowest BCUT2D eigenvalue weighted by Crippen LogP contribution is -2.47. The number of aromatic amines is 1. The van der Waals surface area contributed by atoms with Gasteiger partial charge in [0, 0.05) is 22.6 Å². The number of benzene rings is 1. The van der Waals surface area contributed by atoms with Gasteiger partial charge in [0.05, 0.1) is 19.1 Å². The summed E-state index contributed by atoms with van der Waals surface area (Å²) < 4.78 is 17.8. The molecule has 5 nitrogen and oxygen atoms in total. The van der Waals surface area contributed by atoms with Gasteiger partial charge in [-0.25, -0.2) is 4.39 Å². The molecular formula is C16H19FN2O3. The van der Waals surface area contributed by atoms with E-state index in [1.807, 2.05) is 6.92 Å². The molecule has 1 aromatic carbocycles. The average Bonchev–Trinajstić information content (AvgIpc) is 2.89. The van der Waals surface area contributed by atoms with Gasteiger partial charge in [-0.05, 0) is 31.5 Å². The van der Waals surface area contributed by atoms with Crippen molar-refractivity contribution in [2.24, 2.45) is 0 Å². The summed E-state index contributed by atoms with van der Waals surface area (Å²) in [5.41, 5.74) is 0.268. The Kier molecular flexibility index (Phi) is 4.49. The molecule has 1 atom stereocenters. The maximum Gasteiger partial charge on any atom is 0.307 e. The number of nitrogens with one attached hydrogen (secondary N) is 2. The number of hydrogen-bond donors (Lipinski definition) is 2. The molecule has 6 heteroatoms. The van der Waals surface area contributed by atoms with Crippen LogP contribution in [0, 0.1) is 5.82 Å². The van der Waals surface area contributed by atoms with E-state index in [9.17, 15) is 14.0 Å². The van der Waals surface area contributed by atoms with Crippen LogP contribution in [-0.4, -0.2) is 29.5 Å². The van der Waals surface area contributed by atoms with Crippen LogP contribution in [0.1, 0.15) is 37.0 Å². The molecule has 1 heterocycles. The van der Waals surface area contributed by atoms with Crippen molar-refractivity contribution in [2.45, 2.75) is 32.2 Å². The molecule has 0 aliphatic heterocycles. The van der Waals surface area contributed by atoms with Gasteiger partial charge in [0.15, 0.2) is 0 Å². The Hall–Kier alpha value is -2.37. The van der Waals surface area contributed by atoms with Crippen LogP contribution in [0.4, 0.5) is 4.39 Å². The van der Waals surface area contributed by atoms with E-state index in [4.69, 9.17) is 0 Å². The molecule has 22 heavy (non-hydrogen) atoms. The lowest BCUT2D eigenvalue weighted by molar-refractivity contribution is -0.142. The topological polar surface area (TPSA) is 71.2 Å². The fourth-order valence-electron chi connectivity index (χ4n) is 2.28. The molecule has 0 fully saturated rings. The van der Waals surface area contributed by atoms with Crippen LogP contribution in [0.2, 0.25) is 0 Å². The SMILES string of the molecule is CC[C@@](C)(CC(=O)OC)NC(=O)c1c[nH]c2cc(F)ccc12. The zero-order valence-corrected chi connectivity index (χ0v) is 12.8. The van der Waals surface area contributed by atoms with Gasteiger partial charge in [0.25, 0.3) is 5.91 Å². The summed E-state index contributed by atoms with van der Waals surface area (Å²) in [6.45, 7) is 3.67. The average molecular weight is 306 g/mol. The van der Waals surface area contributed by atoms with Gasteiger partial charge in [-0.3, -0.25) is 9.59 Å². The van der Waals surface area contributed by atoms with Crippen LogP contribution in [0.25, 0.3) is 10.9 Å². The second kappa shape index (κ2) is 6.17. The number of esters is 1. The lowest BCUT2D eigenvalue weighted by Gasteiger charge is -2.28. The van der Waals surface area contributed by atoms with E-state index in [1.165, 1.54) is 25.4 Å². The highest BCUT2D eigenvalue weighted by Gasteiger charge is 2.29. The van der Waals surface area contributed by atoms with Gasteiger partial charge in [-0.1, -0.05) is 6.92 Å². The van der Waals surface area contributed by atoms with Gasteiger partial charge < -0.3 is 15.0 Å². The first-order valence-electron chi connectivity index (χ1n) is 7.04. The Morgan fingerprint density at radius 1 is 1.41 bits per heavy atom. The number of rotatable bonds is 5. The molecule has 0 spiro atoms. The largest absolute Gasteiger partial charge is 0.469 e. The van der Waals surface area contributed by atoms with E-state index < -0.39 is 5.54 Å². The van der Waals surface area contributed by atoms with Crippen LogP contribution < -0.4 is 5.32 Å². The quantitative estimate of drug-likeness (QED) is 0.834. The first kappa shape index (κ1) is 16.0. The number of methoxy groups -OCH3 is 1. The minimum absolute atomic E-state index is 0.0860. The predicted octanol–water partition coefficient (Wildman–Crippen LogP) is 2.77. The normalized spacial score (nSPS) is 13.6. The number of halogens is 1. The number of amides is 1. The second-order valence-electron chi connectivity index (χ2n) is 5.51. The van der Waals surface area contributed by atoms with Gasteiger partial charge in [0.1, 0.15) is 5.82 Å². The maximum absolute atomic E-state index is 13.2. The summed E-state index contributed by atoms with van der Waals surface area (Å²) in [6, 6.07) is 4.19. The molecule has 0 unspecified atom stereocenters. The third-order valence-corrected chi connectivity index (χ3v) is 3.85. The molecule has 2 N–H and O–H groups in total. The standard InChI is InChI=1S/C16H19FN2O3/c1-4-16(2,8-14(20)22-3)19-15(21)12-9-18-13-7-10(17)5-6-11(12)13/h5-7,9,18H,4,8H2,1-3H3,(H,19,21)/t16-/m0/s1. The Bertz CT molecular complexity index is 710. The molecule has 0 saturated heterocycles. The summed E-state index contributed by atoms with van der Waals surface area (Å²) >= 11 is 0. The predicted molar refractivity (Wildman–Crippen MR) is 81.1 cm³/mol. The third-order valence-electron chi connectivity index (χ3n) is 3.85. The Morgan fingerprint density at radius 3 is 2.77 bits per heavy atom. The minimum atomic E-state index is -0.701. The molecule has 118 valence electrons. The Balaban J connectivity index is 2.24. The number of H-pyrrole nitrogens is 1. The highest BCUT2D eigenvalue weighted by atomic mass is 19.1. The number of hydrogen-bond acceptors (Lipinski definition) is 3. The second-order valence-corrected chi connectivity index (χ2v) is 5.51. The van der Waals surface area contributed by atoms with Crippen LogP contribution in [0.5, 0.6) is 0 Å². The van der Waals surface area contributed by atoms with Crippen molar-refractivity contribution < 1.29 is 18.7 Å². The molecule has 1 amide bonds. The number of ether oxygens (including phenoxy) is 1. The van der Waals surface area contributed by atoms with Crippen molar-refractivity contribution in [1.82, 2.24) is 10.3 Å². The third kappa shape index (κ3) is 3.27. The molecule has 0 bridgehead atoms. The highest BCUT2D eigenvalue weighted by Crippen LogP contribution is 2.21. The van der Waals surface area contributed by atoms with Crippen molar-refractivity contribution in [2.75, 3.05) is 7.11 Å². The number of fused-ring (bicyclic) bond motifs is 1. The maximum atomic E-state index is 13.2. The Labute approximate surface area is 127 Å². The van der Waals surface area contributed by atoms with Gasteiger partial charge in [-0.15, -0.1) is 0 Å². The van der Waals surface area contributed by atoms with E-state index in [0.29, 0.717) is 22.9 Å². The summed E-state index contributed by atoms with van der Waals surface area (Å²) in [6.07, 6.45) is 2.20. The minimum Gasteiger partial charge on any atom is -0.469 e. The molecule has 0 aliphatic rings. The fourth-order valence-corrected chi connectivity index (χ4v) is 2.28. The van der Waals surface area contributed by atoms with Crippen LogP contribution >= 0.6 is 0 Å². The van der Waals surface area contributed by atoms with Crippen molar-refractivity contribution in [1.29, 1.82) is 0 Å².